The van der Waals surface area contributed by atoms with Crippen LogP contribution in [0.2, 0.25) is 0 Å². The molecule has 2 saturated carbocycles. The van der Waals surface area contributed by atoms with Gasteiger partial charge in [0.05, 0.1) is 0 Å². The average Bonchev–Trinajstić information content (AvgIpc) is 2.94. The summed E-state index contributed by atoms with van der Waals surface area (Å²) in [4.78, 5) is 11.5. The first-order chi connectivity index (χ1) is 18.0. The normalized spacial score (nSPS) is 23.7. The summed E-state index contributed by atoms with van der Waals surface area (Å²) < 4.78 is 14.8. The molecule has 2 aliphatic carbocycles. The maximum atomic E-state index is 14.8. The van der Waals surface area contributed by atoms with Crippen molar-refractivity contribution < 1.29 is 9.18 Å². The molecule has 0 saturated heterocycles. The van der Waals surface area contributed by atoms with Crippen LogP contribution < -0.4 is 0 Å². The Kier molecular flexibility index (Phi) is 12.1. The van der Waals surface area contributed by atoms with Gasteiger partial charge in [-0.25, -0.2) is 4.39 Å². The fourth-order valence-corrected chi connectivity index (χ4v) is 6.48. The zero-order valence-corrected chi connectivity index (χ0v) is 23.4. The predicted octanol–water partition coefficient (Wildman–Crippen LogP) is 8.99. The highest BCUT2D eigenvalue weighted by molar-refractivity contribution is 5.65. The van der Waals surface area contributed by atoms with Gasteiger partial charge in [0.1, 0.15) is 12.1 Å². The second kappa shape index (κ2) is 15.2. The fraction of sp³-hybridized carbons (Fsp3) is 0.559. The van der Waals surface area contributed by atoms with Crippen LogP contribution in [-0.4, -0.2) is 31.3 Å². The van der Waals surface area contributed by atoms with Crippen molar-refractivity contribution in [2.45, 2.75) is 95.9 Å². The van der Waals surface area contributed by atoms with Gasteiger partial charge < -0.3 is 4.90 Å². The van der Waals surface area contributed by atoms with Crippen molar-refractivity contribution in [1.82, 2.24) is 4.90 Å². The molecule has 2 fully saturated rings. The number of unbranched alkanes of at least 4 members (excludes halogenated alkanes) is 2. The van der Waals surface area contributed by atoms with Crippen molar-refractivity contribution in [3.63, 3.8) is 0 Å². The molecule has 0 unspecified atom stereocenters. The summed E-state index contributed by atoms with van der Waals surface area (Å²) in [5.74, 6) is 2.49. The first kappa shape index (κ1) is 29.3. The molecule has 0 atom stereocenters. The Labute approximate surface area is 225 Å². The number of benzene rings is 2. The molecule has 0 aliphatic heterocycles. The minimum Gasteiger partial charge on any atom is -0.306 e. The summed E-state index contributed by atoms with van der Waals surface area (Å²) >= 11 is 0. The Morgan fingerprint density at radius 1 is 0.892 bits per heavy atom. The Morgan fingerprint density at radius 2 is 1.49 bits per heavy atom. The van der Waals surface area contributed by atoms with E-state index in [9.17, 15) is 4.39 Å². The van der Waals surface area contributed by atoms with E-state index in [0.29, 0.717) is 12.2 Å². The minimum atomic E-state index is -0.0822. The van der Waals surface area contributed by atoms with Crippen LogP contribution in [0.1, 0.15) is 94.6 Å². The molecule has 0 aromatic heterocycles. The lowest BCUT2D eigenvalue weighted by Crippen LogP contribution is -2.34. The molecule has 2 aromatic rings. The molecule has 0 bridgehead atoms. The number of rotatable bonds is 9. The van der Waals surface area contributed by atoms with Crippen molar-refractivity contribution in [2.75, 3.05) is 14.1 Å². The van der Waals surface area contributed by atoms with E-state index in [1.807, 2.05) is 6.07 Å². The molecule has 202 valence electrons. The van der Waals surface area contributed by atoms with Gasteiger partial charge in [-0.3, -0.25) is 4.79 Å². The Balaban J connectivity index is 0.000000886. The van der Waals surface area contributed by atoms with Crippen LogP contribution in [0.3, 0.4) is 0 Å². The summed E-state index contributed by atoms with van der Waals surface area (Å²) in [5.41, 5.74) is 4.30. The molecular weight excluding hydrogens is 457 g/mol. The molecule has 0 heterocycles. The Hall–Kier alpha value is -2.26. The van der Waals surface area contributed by atoms with Crippen molar-refractivity contribution in [2.24, 2.45) is 11.8 Å². The number of aldehydes is 1. The second-order valence-corrected chi connectivity index (χ2v) is 11.4. The van der Waals surface area contributed by atoms with Crippen molar-refractivity contribution >= 4 is 6.29 Å². The molecule has 0 amide bonds. The molecular formula is C34H48FNO. The highest BCUT2D eigenvalue weighted by Crippen LogP contribution is 2.43. The van der Waals surface area contributed by atoms with E-state index < -0.39 is 0 Å². The zero-order valence-electron chi connectivity index (χ0n) is 23.4. The summed E-state index contributed by atoms with van der Waals surface area (Å²) in [6.45, 7) is 5.32. The first-order valence-corrected chi connectivity index (χ1v) is 14.6. The SMILES string of the molecule is C=CC=O.CCCCCc1ccc(-c2ccc(C3CCC(C4CCC(N(C)C)CC4)CC3)cc2)c(F)c1. The lowest BCUT2D eigenvalue weighted by atomic mass is 9.69. The zero-order chi connectivity index (χ0) is 26.6. The lowest BCUT2D eigenvalue weighted by molar-refractivity contribution is -0.104. The van der Waals surface area contributed by atoms with Crippen LogP contribution in [0.15, 0.2) is 55.1 Å². The number of nitrogens with zero attached hydrogens (tertiary/aromatic N) is 1. The van der Waals surface area contributed by atoms with E-state index in [1.165, 1.54) is 75.8 Å². The van der Waals surface area contributed by atoms with Crippen molar-refractivity contribution in [3.8, 4) is 11.1 Å². The number of halogens is 1. The van der Waals surface area contributed by atoms with E-state index in [2.05, 4.69) is 62.8 Å². The molecule has 2 aliphatic rings. The van der Waals surface area contributed by atoms with Gasteiger partial charge in [0, 0.05) is 11.6 Å². The van der Waals surface area contributed by atoms with Gasteiger partial charge in [0.2, 0.25) is 0 Å². The highest BCUT2D eigenvalue weighted by Gasteiger charge is 2.31. The van der Waals surface area contributed by atoms with E-state index in [1.54, 1.807) is 6.07 Å². The lowest BCUT2D eigenvalue weighted by Gasteiger charge is -2.39. The van der Waals surface area contributed by atoms with E-state index in [4.69, 9.17) is 4.79 Å². The van der Waals surface area contributed by atoms with Gasteiger partial charge in [-0.05, 0) is 125 Å². The van der Waals surface area contributed by atoms with Crippen LogP contribution in [0, 0.1) is 17.7 Å². The quantitative estimate of drug-likeness (QED) is 0.192. The molecule has 0 radical (unpaired) electrons. The standard InChI is InChI=1S/C31H44FN.C3H4O/c1-4-5-6-7-23-8-21-30(31(32)22-23)28-15-13-26(14-16-28)24-9-11-25(12-10-24)27-17-19-29(20-18-27)33(2)3;1-2-3-4/h8,13-16,21-22,24-25,27,29H,4-7,9-12,17-20H2,1-3H3;2-3H,1H2. The molecule has 2 aromatic carbocycles. The van der Waals surface area contributed by atoms with Crippen molar-refractivity contribution in [3.05, 3.63) is 72.1 Å². The van der Waals surface area contributed by atoms with E-state index in [-0.39, 0.29) is 5.82 Å². The maximum absolute atomic E-state index is 14.8. The third-order valence-corrected chi connectivity index (χ3v) is 8.80. The van der Waals surface area contributed by atoms with E-state index >= 15 is 0 Å². The van der Waals surface area contributed by atoms with Crippen LogP contribution in [-0.2, 0) is 11.2 Å². The molecule has 0 N–H and O–H groups in total. The predicted molar refractivity (Wildman–Crippen MR) is 155 cm³/mol. The number of allylic oxidation sites excluding steroid dienone is 1. The van der Waals surface area contributed by atoms with Crippen LogP contribution >= 0.6 is 0 Å². The summed E-state index contributed by atoms with van der Waals surface area (Å²) in [6, 6.07) is 15.4. The summed E-state index contributed by atoms with van der Waals surface area (Å²) in [5, 5.41) is 0. The Bertz CT molecular complexity index is 944. The fourth-order valence-electron chi connectivity index (χ4n) is 6.48. The average molecular weight is 506 g/mol. The number of hydrogen-bond acceptors (Lipinski definition) is 2. The van der Waals surface area contributed by atoms with Crippen molar-refractivity contribution in [1.29, 1.82) is 0 Å². The summed E-state index contributed by atoms with van der Waals surface area (Å²) in [6.07, 6.45) is 17.4. The Morgan fingerprint density at radius 3 is 2.00 bits per heavy atom. The molecule has 4 rings (SSSR count). The van der Waals surface area contributed by atoms with Gasteiger partial charge in [-0.15, -0.1) is 0 Å². The third-order valence-electron chi connectivity index (χ3n) is 8.80. The first-order valence-electron chi connectivity index (χ1n) is 14.6. The second-order valence-electron chi connectivity index (χ2n) is 11.4. The molecule has 2 nitrogen and oxygen atoms in total. The van der Waals surface area contributed by atoms with Crippen LogP contribution in [0.25, 0.3) is 11.1 Å². The highest BCUT2D eigenvalue weighted by atomic mass is 19.1. The number of carbonyl (C=O) groups is 1. The minimum absolute atomic E-state index is 0.0822. The smallest absolute Gasteiger partial charge is 0.142 e. The maximum Gasteiger partial charge on any atom is 0.142 e. The van der Waals surface area contributed by atoms with Gasteiger partial charge in [0.15, 0.2) is 0 Å². The number of aryl methyl sites for hydroxylation is 1. The van der Waals surface area contributed by atoms with Crippen LogP contribution in [0.4, 0.5) is 4.39 Å². The molecule has 3 heteroatoms. The van der Waals surface area contributed by atoms with Gasteiger partial charge in [0.25, 0.3) is 0 Å². The molecule has 0 spiro atoms. The van der Waals surface area contributed by atoms with Gasteiger partial charge in [-0.2, -0.15) is 0 Å². The van der Waals surface area contributed by atoms with Gasteiger partial charge >= 0.3 is 0 Å². The third kappa shape index (κ3) is 8.64. The van der Waals surface area contributed by atoms with Crippen LogP contribution in [0.5, 0.6) is 0 Å². The topological polar surface area (TPSA) is 20.3 Å². The molecule has 37 heavy (non-hydrogen) atoms. The largest absolute Gasteiger partial charge is 0.306 e. The monoisotopic (exact) mass is 505 g/mol. The van der Waals surface area contributed by atoms with E-state index in [0.717, 1.165) is 47.4 Å². The summed E-state index contributed by atoms with van der Waals surface area (Å²) in [7, 11) is 4.47. The van der Waals surface area contributed by atoms with Gasteiger partial charge in [-0.1, -0.05) is 62.7 Å². The number of hydrogen-bond donors (Lipinski definition) is 0. The number of carbonyl (C=O) groups excluding carboxylic acids is 1.